The van der Waals surface area contributed by atoms with Gasteiger partial charge in [-0.1, -0.05) is 30.7 Å². The summed E-state index contributed by atoms with van der Waals surface area (Å²) in [6, 6.07) is 6.18. The Morgan fingerprint density at radius 3 is 2.44 bits per heavy atom. The zero-order chi connectivity index (χ0) is 20.2. The summed E-state index contributed by atoms with van der Waals surface area (Å²) in [4.78, 5) is 17.3. The highest BCUT2D eigenvalue weighted by atomic mass is 16.1. The number of allylic oxidation sites excluding steroid dienone is 1. The maximum atomic E-state index is 13.1. The number of hydrogen-bond donors (Lipinski definition) is 2. The Kier molecular flexibility index (Phi) is 6.63. The molecule has 1 aromatic carbocycles. The first-order chi connectivity index (χ1) is 12.7. The van der Waals surface area contributed by atoms with Crippen molar-refractivity contribution in [2.45, 2.75) is 72.9 Å². The van der Waals surface area contributed by atoms with Crippen LogP contribution in [0, 0.1) is 13.8 Å². The lowest BCUT2D eigenvalue weighted by molar-refractivity contribution is -0.117. The van der Waals surface area contributed by atoms with Crippen LogP contribution in [0.1, 0.15) is 63.6 Å². The minimum absolute atomic E-state index is 0.0587. The zero-order valence-electron chi connectivity index (χ0n) is 17.6. The number of aryl methyl sites for hydroxylation is 1. The van der Waals surface area contributed by atoms with E-state index >= 15 is 0 Å². The Hall–Kier alpha value is -2.36. The van der Waals surface area contributed by atoms with Gasteiger partial charge in [0, 0.05) is 23.2 Å². The highest BCUT2D eigenvalue weighted by Gasteiger charge is 2.38. The van der Waals surface area contributed by atoms with Crippen molar-refractivity contribution in [3.63, 3.8) is 0 Å². The Morgan fingerprint density at radius 1 is 1.26 bits per heavy atom. The first-order valence-corrected chi connectivity index (χ1v) is 9.71. The standard InChI is InChI=1S/C23H33N3O/c1-8-19(21(24-7)26-23(6)12-13-23)20(15(2)3)22(27)25-14-18-11-9-10-16(4)17(18)5/h9-11,26H,7-8,12-14H2,1-6H3,(H,25,27)/b21-19-. The highest BCUT2D eigenvalue weighted by molar-refractivity contribution is 5.98. The lowest BCUT2D eigenvalue weighted by atomic mass is 9.97. The average Bonchev–Trinajstić information content (AvgIpc) is 3.35. The van der Waals surface area contributed by atoms with Gasteiger partial charge in [0.15, 0.2) is 0 Å². The quantitative estimate of drug-likeness (QED) is 0.397. The number of nitrogens with one attached hydrogen (secondary N) is 2. The normalized spacial score (nSPS) is 15.5. The first-order valence-electron chi connectivity index (χ1n) is 9.71. The monoisotopic (exact) mass is 367 g/mol. The van der Waals surface area contributed by atoms with Crippen molar-refractivity contribution in [1.82, 2.24) is 10.6 Å². The van der Waals surface area contributed by atoms with Crippen LogP contribution in [0.25, 0.3) is 0 Å². The zero-order valence-corrected chi connectivity index (χ0v) is 17.6. The second-order valence-electron chi connectivity index (χ2n) is 7.94. The van der Waals surface area contributed by atoms with Crippen LogP contribution in [0.3, 0.4) is 0 Å². The van der Waals surface area contributed by atoms with Crippen LogP contribution in [-0.2, 0) is 11.3 Å². The molecule has 1 fully saturated rings. The largest absolute Gasteiger partial charge is 0.365 e. The van der Waals surface area contributed by atoms with Gasteiger partial charge < -0.3 is 10.6 Å². The van der Waals surface area contributed by atoms with Gasteiger partial charge in [0.2, 0.25) is 0 Å². The molecule has 2 N–H and O–H groups in total. The number of rotatable bonds is 8. The summed E-state index contributed by atoms with van der Waals surface area (Å²) in [5.74, 6) is 0.673. The van der Waals surface area contributed by atoms with E-state index in [4.69, 9.17) is 0 Å². The van der Waals surface area contributed by atoms with Crippen molar-refractivity contribution in [2.24, 2.45) is 4.99 Å². The fraction of sp³-hybridized carbons (Fsp3) is 0.478. The van der Waals surface area contributed by atoms with Crippen molar-refractivity contribution >= 4 is 12.6 Å². The number of carbonyl (C=O) groups is 1. The molecule has 146 valence electrons. The Morgan fingerprint density at radius 2 is 1.93 bits per heavy atom. The van der Waals surface area contributed by atoms with Crippen LogP contribution in [0.4, 0.5) is 0 Å². The molecule has 0 bridgehead atoms. The molecule has 4 heteroatoms. The predicted octanol–water partition coefficient (Wildman–Crippen LogP) is 4.72. The van der Waals surface area contributed by atoms with E-state index in [1.807, 2.05) is 19.9 Å². The second kappa shape index (κ2) is 8.55. The van der Waals surface area contributed by atoms with Crippen molar-refractivity contribution in [2.75, 3.05) is 0 Å². The van der Waals surface area contributed by atoms with Crippen molar-refractivity contribution in [3.05, 3.63) is 57.4 Å². The minimum atomic E-state index is -0.0587. The minimum Gasteiger partial charge on any atom is -0.365 e. The number of benzene rings is 1. The van der Waals surface area contributed by atoms with Crippen molar-refractivity contribution in [1.29, 1.82) is 0 Å². The lowest BCUT2D eigenvalue weighted by Crippen LogP contribution is -2.31. The summed E-state index contributed by atoms with van der Waals surface area (Å²) < 4.78 is 0. The SMILES string of the molecule is C=N/C(NC1(C)CC1)=C(\CC)C(C(=O)NCc1cccc(C)c1C)=C(C)C. The van der Waals surface area contributed by atoms with E-state index in [-0.39, 0.29) is 11.4 Å². The molecule has 1 amide bonds. The summed E-state index contributed by atoms with van der Waals surface area (Å²) >= 11 is 0. The maximum absolute atomic E-state index is 13.1. The van der Waals surface area contributed by atoms with Gasteiger partial charge in [0.1, 0.15) is 5.82 Å². The molecule has 1 aliphatic carbocycles. The summed E-state index contributed by atoms with van der Waals surface area (Å²) in [7, 11) is 0. The summed E-state index contributed by atoms with van der Waals surface area (Å²) in [6.07, 6.45) is 2.95. The van der Waals surface area contributed by atoms with Gasteiger partial charge in [-0.25, -0.2) is 4.99 Å². The summed E-state index contributed by atoms with van der Waals surface area (Å²) in [6.45, 7) is 16.6. The van der Waals surface area contributed by atoms with Gasteiger partial charge in [-0.3, -0.25) is 4.79 Å². The molecule has 0 saturated heterocycles. The molecule has 0 heterocycles. The molecule has 0 aromatic heterocycles. The van der Waals surface area contributed by atoms with Gasteiger partial charge in [-0.05, 0) is 77.3 Å². The molecular formula is C23H33N3O. The molecule has 0 atom stereocenters. The predicted molar refractivity (Wildman–Crippen MR) is 114 cm³/mol. The molecule has 0 unspecified atom stereocenters. The Labute approximate surface area is 163 Å². The molecule has 1 aliphatic rings. The van der Waals surface area contributed by atoms with E-state index in [1.54, 1.807) is 0 Å². The molecule has 2 rings (SSSR count). The van der Waals surface area contributed by atoms with Crippen LogP contribution in [0.2, 0.25) is 0 Å². The molecule has 0 aliphatic heterocycles. The van der Waals surface area contributed by atoms with E-state index in [0.717, 1.165) is 41.8 Å². The van der Waals surface area contributed by atoms with Crippen LogP contribution in [-0.4, -0.2) is 18.2 Å². The van der Waals surface area contributed by atoms with Gasteiger partial charge >= 0.3 is 0 Å². The van der Waals surface area contributed by atoms with E-state index in [9.17, 15) is 4.79 Å². The van der Waals surface area contributed by atoms with Gasteiger partial charge in [-0.2, -0.15) is 0 Å². The van der Waals surface area contributed by atoms with E-state index in [2.05, 4.69) is 62.2 Å². The Balaban J connectivity index is 2.27. The third-order valence-electron chi connectivity index (χ3n) is 5.40. The molecule has 1 saturated carbocycles. The second-order valence-corrected chi connectivity index (χ2v) is 7.94. The molecule has 27 heavy (non-hydrogen) atoms. The van der Waals surface area contributed by atoms with Crippen LogP contribution < -0.4 is 10.6 Å². The van der Waals surface area contributed by atoms with Crippen LogP contribution >= 0.6 is 0 Å². The third-order valence-corrected chi connectivity index (χ3v) is 5.40. The smallest absolute Gasteiger partial charge is 0.251 e. The molecule has 4 nitrogen and oxygen atoms in total. The van der Waals surface area contributed by atoms with Crippen LogP contribution in [0.15, 0.2) is 45.7 Å². The van der Waals surface area contributed by atoms with Crippen molar-refractivity contribution < 1.29 is 4.79 Å². The first kappa shape index (κ1) is 20.9. The lowest BCUT2D eigenvalue weighted by Gasteiger charge is -2.20. The summed E-state index contributed by atoms with van der Waals surface area (Å²) in [5.41, 5.74) is 6.30. The van der Waals surface area contributed by atoms with Gasteiger partial charge in [-0.15, -0.1) is 0 Å². The average molecular weight is 368 g/mol. The number of amides is 1. The number of nitrogens with zero attached hydrogens (tertiary/aromatic N) is 1. The molecule has 0 spiro atoms. The number of aliphatic imine (C=N–C) groups is 1. The van der Waals surface area contributed by atoms with Gasteiger partial charge in [0.05, 0.1) is 0 Å². The highest BCUT2D eigenvalue weighted by Crippen LogP contribution is 2.36. The van der Waals surface area contributed by atoms with E-state index in [0.29, 0.717) is 12.1 Å². The third kappa shape index (κ3) is 5.09. The fourth-order valence-corrected chi connectivity index (χ4v) is 3.20. The summed E-state index contributed by atoms with van der Waals surface area (Å²) in [5, 5.41) is 6.58. The van der Waals surface area contributed by atoms with Gasteiger partial charge in [0.25, 0.3) is 5.91 Å². The number of carbonyl (C=O) groups excluding carboxylic acids is 1. The maximum Gasteiger partial charge on any atom is 0.251 e. The molecular weight excluding hydrogens is 334 g/mol. The topological polar surface area (TPSA) is 53.5 Å². The Bertz CT molecular complexity index is 794. The van der Waals surface area contributed by atoms with Crippen LogP contribution in [0.5, 0.6) is 0 Å². The molecule has 0 radical (unpaired) electrons. The molecule has 1 aromatic rings. The van der Waals surface area contributed by atoms with E-state index in [1.165, 1.54) is 11.1 Å². The van der Waals surface area contributed by atoms with Crippen molar-refractivity contribution in [3.8, 4) is 0 Å². The number of hydrogen-bond acceptors (Lipinski definition) is 3. The fourth-order valence-electron chi connectivity index (χ4n) is 3.20. The van der Waals surface area contributed by atoms with E-state index < -0.39 is 0 Å².